The zero-order chi connectivity index (χ0) is 22.3. The monoisotopic (exact) mass is 423 g/mol. The summed E-state index contributed by atoms with van der Waals surface area (Å²) in [4.78, 5) is 7.11. The number of furan rings is 1. The third-order valence-corrected chi connectivity index (χ3v) is 6.88. The first kappa shape index (κ1) is 20.6. The second kappa shape index (κ2) is 7.67. The topological polar surface area (TPSA) is 52.5 Å². The van der Waals surface area contributed by atoms with Gasteiger partial charge in [-0.05, 0) is 35.7 Å². The van der Waals surface area contributed by atoms with Gasteiger partial charge in [0, 0.05) is 23.7 Å². The third-order valence-electron chi connectivity index (χ3n) is 6.88. The Hall–Kier alpha value is -3.32. The molecule has 0 N–H and O–H groups in total. The second-order valence-corrected chi connectivity index (χ2v) is 10.5. The van der Waals surface area contributed by atoms with Gasteiger partial charge in [0.1, 0.15) is 17.4 Å². The summed E-state index contributed by atoms with van der Waals surface area (Å²) in [6, 6.07) is 22.8. The highest BCUT2D eigenvalue weighted by Crippen LogP contribution is 2.52. The summed E-state index contributed by atoms with van der Waals surface area (Å²) in [5.41, 5.74) is 3.86. The molecule has 5 rings (SSSR count). The normalized spacial score (nSPS) is 24.1. The molecule has 4 nitrogen and oxygen atoms in total. The van der Waals surface area contributed by atoms with Crippen molar-refractivity contribution in [1.82, 2.24) is 4.90 Å². The zero-order valence-corrected chi connectivity index (χ0v) is 19.0. The molecule has 0 unspecified atom stereocenters. The summed E-state index contributed by atoms with van der Waals surface area (Å²) in [6.45, 7) is 8.14. The second-order valence-electron chi connectivity index (χ2n) is 10.5. The van der Waals surface area contributed by atoms with E-state index in [1.807, 2.05) is 67.0 Å². The van der Waals surface area contributed by atoms with Crippen LogP contribution in [0.1, 0.15) is 45.6 Å². The maximum atomic E-state index is 10.1. The van der Waals surface area contributed by atoms with E-state index in [0.717, 1.165) is 23.2 Å². The van der Waals surface area contributed by atoms with Crippen LogP contribution in [0.2, 0.25) is 0 Å². The van der Waals surface area contributed by atoms with Crippen LogP contribution in [0.25, 0.3) is 22.5 Å². The van der Waals surface area contributed by atoms with Gasteiger partial charge in [0.05, 0.1) is 6.34 Å². The Kier molecular flexibility index (Phi) is 4.93. The molecule has 1 aliphatic heterocycles. The van der Waals surface area contributed by atoms with Gasteiger partial charge in [-0.3, -0.25) is 0 Å². The summed E-state index contributed by atoms with van der Waals surface area (Å²) in [6.07, 6.45) is 5.53. The first-order valence-electron chi connectivity index (χ1n) is 11.4. The van der Waals surface area contributed by atoms with Gasteiger partial charge in [-0.2, -0.15) is 5.26 Å². The molecule has 1 aromatic heterocycles. The Balaban J connectivity index is 1.56. The van der Waals surface area contributed by atoms with Crippen LogP contribution < -0.4 is 0 Å². The highest BCUT2D eigenvalue weighted by atomic mass is 16.4. The van der Waals surface area contributed by atoms with Crippen LogP contribution in [0.3, 0.4) is 0 Å². The van der Waals surface area contributed by atoms with Gasteiger partial charge in [0.15, 0.2) is 0 Å². The lowest BCUT2D eigenvalue weighted by atomic mass is 9.65. The summed E-state index contributed by atoms with van der Waals surface area (Å²) in [7, 11) is 0. The van der Waals surface area contributed by atoms with Gasteiger partial charge in [0.25, 0.3) is 0 Å². The van der Waals surface area contributed by atoms with Crippen molar-refractivity contribution in [3.63, 3.8) is 0 Å². The average molecular weight is 424 g/mol. The van der Waals surface area contributed by atoms with E-state index in [1.54, 1.807) is 0 Å². The minimum absolute atomic E-state index is 0.323. The molecule has 2 atom stereocenters. The van der Waals surface area contributed by atoms with E-state index in [-0.39, 0.29) is 0 Å². The van der Waals surface area contributed by atoms with Crippen molar-refractivity contribution in [3.8, 4) is 28.5 Å². The molecule has 1 aliphatic carbocycles. The number of nitrogens with zero attached hydrogens (tertiary/aromatic N) is 3. The van der Waals surface area contributed by atoms with E-state index in [2.05, 4.69) is 31.7 Å². The average Bonchev–Trinajstić information content (AvgIpc) is 3.26. The molecule has 1 saturated carbocycles. The van der Waals surface area contributed by atoms with Crippen LogP contribution in [-0.2, 0) is 0 Å². The van der Waals surface area contributed by atoms with E-state index < -0.39 is 0 Å². The van der Waals surface area contributed by atoms with Crippen molar-refractivity contribution >= 4 is 12.2 Å². The Morgan fingerprint density at radius 1 is 1.00 bits per heavy atom. The first-order valence-corrected chi connectivity index (χ1v) is 11.4. The van der Waals surface area contributed by atoms with Crippen LogP contribution in [-0.4, -0.2) is 23.8 Å². The highest BCUT2D eigenvalue weighted by Gasteiger charge is 2.48. The fourth-order valence-corrected chi connectivity index (χ4v) is 6.05. The predicted octanol–water partition coefficient (Wildman–Crippen LogP) is 7.05. The first-order chi connectivity index (χ1) is 15.4. The molecule has 0 spiro atoms. The van der Waals surface area contributed by atoms with Gasteiger partial charge in [-0.15, -0.1) is 0 Å². The number of nitriles is 1. The summed E-state index contributed by atoms with van der Waals surface area (Å²) < 4.78 is 6.27. The van der Waals surface area contributed by atoms with Gasteiger partial charge < -0.3 is 9.32 Å². The molecule has 0 amide bonds. The maximum absolute atomic E-state index is 10.1. The Morgan fingerprint density at radius 3 is 2.31 bits per heavy atom. The van der Waals surface area contributed by atoms with Crippen LogP contribution in [0, 0.1) is 22.2 Å². The highest BCUT2D eigenvalue weighted by molar-refractivity contribution is 5.88. The van der Waals surface area contributed by atoms with Crippen molar-refractivity contribution < 1.29 is 4.42 Å². The summed E-state index contributed by atoms with van der Waals surface area (Å²) >= 11 is 0. The van der Waals surface area contributed by atoms with E-state index in [1.165, 1.54) is 19.3 Å². The van der Waals surface area contributed by atoms with Crippen LogP contribution in [0.5, 0.6) is 0 Å². The minimum atomic E-state index is 0.323. The fourth-order valence-electron chi connectivity index (χ4n) is 6.05. The zero-order valence-electron chi connectivity index (χ0n) is 19.0. The lowest BCUT2D eigenvalue weighted by Crippen LogP contribution is -2.34. The number of fused-ring (bicyclic) bond motifs is 2. The molecule has 2 heterocycles. The van der Waals surface area contributed by atoms with E-state index in [9.17, 15) is 5.26 Å². The quantitative estimate of drug-likeness (QED) is 0.334. The van der Waals surface area contributed by atoms with Crippen molar-refractivity contribution in [2.75, 3.05) is 6.54 Å². The molecule has 2 aliphatic rings. The molecular formula is C28H29N3O. The van der Waals surface area contributed by atoms with Crippen LogP contribution in [0.15, 0.2) is 70.1 Å². The number of hydrogen-bond acceptors (Lipinski definition) is 3. The molecule has 1 saturated heterocycles. The standard InChI is InChI=1S/C28H29N3O/c1-27(2)14-22-15-28(3,17-27)18-31(22)19-30-26-23(16-29)24(20-10-6-4-7-11-20)25(32-26)21-12-8-5-9-13-21/h4-13,19,22H,14-15,17-18H2,1-3H3/t22-,28-/m0/s1. The summed E-state index contributed by atoms with van der Waals surface area (Å²) in [5.74, 6) is 1.07. The van der Waals surface area contributed by atoms with Crippen LogP contribution >= 0.6 is 0 Å². The number of rotatable bonds is 4. The molecule has 32 heavy (non-hydrogen) atoms. The largest absolute Gasteiger partial charge is 0.436 e. The number of likely N-dealkylation sites (tertiary alicyclic amines) is 1. The van der Waals surface area contributed by atoms with Crippen molar-refractivity contribution in [3.05, 3.63) is 66.2 Å². The Morgan fingerprint density at radius 2 is 1.66 bits per heavy atom. The number of hydrogen-bond donors (Lipinski definition) is 0. The van der Waals surface area contributed by atoms with Gasteiger partial charge in [0.2, 0.25) is 5.88 Å². The molecule has 2 bridgehead atoms. The SMILES string of the molecule is CC1(C)C[C@H]2C[C@](C)(CN2C=Nc2oc(-c3ccccc3)c(-c3ccccc3)c2C#N)C1. The molecule has 162 valence electrons. The lowest BCUT2D eigenvalue weighted by Gasteiger charge is -2.39. The van der Waals surface area contributed by atoms with Gasteiger partial charge in [-0.1, -0.05) is 81.4 Å². The van der Waals surface area contributed by atoms with Crippen LogP contribution in [0.4, 0.5) is 5.88 Å². The molecule has 2 fully saturated rings. The maximum Gasteiger partial charge on any atom is 0.239 e. The summed E-state index contributed by atoms with van der Waals surface area (Å²) in [5, 5.41) is 10.1. The van der Waals surface area contributed by atoms with Crippen molar-refractivity contribution in [2.24, 2.45) is 15.8 Å². The molecule has 3 aromatic rings. The van der Waals surface area contributed by atoms with Gasteiger partial charge in [-0.25, -0.2) is 4.99 Å². The Labute approximate surface area is 190 Å². The number of aliphatic imine (C=N–C) groups is 1. The Bertz CT molecular complexity index is 1190. The third kappa shape index (κ3) is 3.73. The smallest absolute Gasteiger partial charge is 0.239 e. The lowest BCUT2D eigenvalue weighted by molar-refractivity contribution is 0.133. The fraction of sp³-hybridized carbons (Fsp3) is 0.357. The predicted molar refractivity (Wildman–Crippen MR) is 129 cm³/mol. The number of benzene rings is 2. The van der Waals surface area contributed by atoms with Crippen molar-refractivity contribution in [2.45, 2.75) is 46.1 Å². The van der Waals surface area contributed by atoms with E-state index in [0.29, 0.717) is 34.1 Å². The molecule has 0 radical (unpaired) electrons. The molecule has 4 heteroatoms. The van der Waals surface area contributed by atoms with E-state index in [4.69, 9.17) is 9.41 Å². The van der Waals surface area contributed by atoms with Gasteiger partial charge >= 0.3 is 0 Å². The van der Waals surface area contributed by atoms with E-state index >= 15 is 0 Å². The minimum Gasteiger partial charge on any atom is -0.436 e. The van der Waals surface area contributed by atoms with Crippen molar-refractivity contribution in [1.29, 1.82) is 5.26 Å². The molecular weight excluding hydrogens is 394 g/mol. The molecule has 2 aromatic carbocycles.